The fourth-order valence-corrected chi connectivity index (χ4v) is 2.85. The molecule has 0 N–H and O–H groups in total. The fraction of sp³-hybridized carbons (Fsp3) is 0.154. The molecule has 0 fully saturated rings. The molecule has 1 nitrogen and oxygen atoms in total. The normalized spacial score (nSPS) is 10.4. The summed E-state index contributed by atoms with van der Waals surface area (Å²) in [6, 6.07) is 9.68. The van der Waals surface area contributed by atoms with Gasteiger partial charge in [-0.3, -0.25) is 4.79 Å². The minimum absolute atomic E-state index is 0.0957. The van der Waals surface area contributed by atoms with E-state index >= 15 is 0 Å². The van der Waals surface area contributed by atoms with E-state index in [1.807, 2.05) is 35.7 Å². The molecule has 3 heteroatoms. The Kier molecular flexibility index (Phi) is 3.56. The van der Waals surface area contributed by atoms with Crippen LogP contribution in [-0.4, -0.2) is 5.78 Å². The molecular weight excluding hydrogens is 284 g/mol. The van der Waals surface area contributed by atoms with Crippen LogP contribution in [-0.2, 0) is 6.42 Å². The van der Waals surface area contributed by atoms with Crippen molar-refractivity contribution in [2.24, 2.45) is 0 Å². The molecule has 0 saturated carbocycles. The van der Waals surface area contributed by atoms with Crippen LogP contribution < -0.4 is 0 Å². The van der Waals surface area contributed by atoms with Crippen LogP contribution in [0.5, 0.6) is 0 Å². The number of hydrogen-bond donors (Lipinski definition) is 0. The van der Waals surface area contributed by atoms with Crippen molar-refractivity contribution in [3.05, 3.63) is 56.2 Å². The minimum Gasteiger partial charge on any atom is -0.288 e. The van der Waals surface area contributed by atoms with E-state index in [1.165, 1.54) is 16.9 Å². The first-order chi connectivity index (χ1) is 7.70. The number of ketones is 1. The highest BCUT2D eigenvalue weighted by atomic mass is 79.9. The van der Waals surface area contributed by atoms with E-state index in [9.17, 15) is 4.79 Å². The number of aryl methyl sites for hydroxylation is 1. The fourth-order valence-electron chi connectivity index (χ4n) is 1.47. The van der Waals surface area contributed by atoms with Gasteiger partial charge in [-0.2, -0.15) is 0 Å². The number of benzene rings is 1. The van der Waals surface area contributed by atoms with Crippen LogP contribution in [0.25, 0.3) is 0 Å². The first-order valence-corrected chi connectivity index (χ1v) is 6.75. The van der Waals surface area contributed by atoms with Crippen molar-refractivity contribution in [3.63, 3.8) is 0 Å². The smallest absolute Gasteiger partial charge is 0.202 e. The largest absolute Gasteiger partial charge is 0.288 e. The molecule has 2 rings (SSSR count). The molecule has 1 aromatic carbocycles. The van der Waals surface area contributed by atoms with E-state index in [-0.39, 0.29) is 5.78 Å². The van der Waals surface area contributed by atoms with Crippen LogP contribution in [0.2, 0.25) is 0 Å². The zero-order valence-electron chi connectivity index (χ0n) is 8.87. The Labute approximate surface area is 107 Å². The van der Waals surface area contributed by atoms with Gasteiger partial charge in [-0.05, 0) is 34.0 Å². The van der Waals surface area contributed by atoms with E-state index in [1.54, 1.807) is 0 Å². The zero-order valence-corrected chi connectivity index (χ0v) is 11.3. The molecule has 0 radical (unpaired) electrons. The number of carbonyl (C=O) groups excluding carboxylic acids is 1. The van der Waals surface area contributed by atoms with Crippen molar-refractivity contribution in [2.75, 3.05) is 0 Å². The second-order valence-electron chi connectivity index (χ2n) is 3.51. The van der Waals surface area contributed by atoms with Crippen LogP contribution in [0.4, 0.5) is 0 Å². The van der Waals surface area contributed by atoms with E-state index in [0.717, 1.165) is 21.3 Å². The molecule has 0 atom stereocenters. The van der Waals surface area contributed by atoms with E-state index < -0.39 is 0 Å². The highest BCUT2D eigenvalue weighted by Gasteiger charge is 2.10. The van der Waals surface area contributed by atoms with Gasteiger partial charge in [0.25, 0.3) is 0 Å². The van der Waals surface area contributed by atoms with Crippen LogP contribution in [0.1, 0.15) is 27.7 Å². The van der Waals surface area contributed by atoms with Gasteiger partial charge in [-0.15, -0.1) is 11.3 Å². The van der Waals surface area contributed by atoms with Gasteiger partial charge in [-0.1, -0.05) is 31.2 Å². The van der Waals surface area contributed by atoms with Crippen LogP contribution >= 0.6 is 27.3 Å². The van der Waals surface area contributed by atoms with Gasteiger partial charge in [0.05, 0.1) is 4.88 Å². The van der Waals surface area contributed by atoms with Gasteiger partial charge in [0.2, 0.25) is 5.78 Å². The number of hydrogen-bond acceptors (Lipinski definition) is 2. The molecule has 1 aromatic heterocycles. The summed E-state index contributed by atoms with van der Waals surface area (Å²) in [6.45, 7) is 2.10. The Morgan fingerprint density at radius 2 is 2.00 bits per heavy atom. The molecule has 1 heterocycles. The monoisotopic (exact) mass is 294 g/mol. The molecule has 0 spiro atoms. The molecule has 2 aromatic rings. The molecule has 16 heavy (non-hydrogen) atoms. The predicted octanol–water partition coefficient (Wildman–Crippen LogP) is 4.30. The van der Waals surface area contributed by atoms with Crippen LogP contribution in [0, 0.1) is 0 Å². The lowest BCUT2D eigenvalue weighted by Crippen LogP contribution is -1.98. The lowest BCUT2D eigenvalue weighted by atomic mass is 10.1. The summed E-state index contributed by atoms with van der Waals surface area (Å²) < 4.78 is 0.964. The Balaban J connectivity index is 2.27. The third-order valence-electron chi connectivity index (χ3n) is 2.42. The molecular formula is C13H11BrOS. The first-order valence-electron chi connectivity index (χ1n) is 5.08. The second kappa shape index (κ2) is 4.93. The first kappa shape index (κ1) is 11.6. The molecule has 0 bridgehead atoms. The summed E-state index contributed by atoms with van der Waals surface area (Å²) in [5.74, 6) is 0.0957. The van der Waals surface area contributed by atoms with Crippen molar-refractivity contribution in [3.8, 4) is 0 Å². The lowest BCUT2D eigenvalue weighted by molar-refractivity contribution is 0.104. The average Bonchev–Trinajstić information content (AvgIpc) is 2.75. The Hall–Kier alpha value is -0.930. The van der Waals surface area contributed by atoms with Gasteiger partial charge >= 0.3 is 0 Å². The summed E-state index contributed by atoms with van der Waals surface area (Å²) in [4.78, 5) is 12.8. The highest BCUT2D eigenvalue weighted by Crippen LogP contribution is 2.22. The molecule has 0 amide bonds. The molecule has 0 unspecified atom stereocenters. The number of halogens is 1. The van der Waals surface area contributed by atoms with Crippen molar-refractivity contribution in [2.45, 2.75) is 13.3 Å². The van der Waals surface area contributed by atoms with E-state index in [4.69, 9.17) is 0 Å². The van der Waals surface area contributed by atoms with Crippen molar-refractivity contribution < 1.29 is 4.79 Å². The van der Waals surface area contributed by atoms with E-state index in [2.05, 4.69) is 22.9 Å². The van der Waals surface area contributed by atoms with Gasteiger partial charge in [0, 0.05) is 15.4 Å². The standard InChI is InChI=1S/C13H11BrOS/c1-2-9-3-5-10(6-4-9)13(15)12-7-11(14)8-16-12/h3-8H,2H2,1H3. The van der Waals surface area contributed by atoms with E-state index in [0.29, 0.717) is 0 Å². The third-order valence-corrected chi connectivity index (χ3v) is 4.11. The average molecular weight is 295 g/mol. The summed E-state index contributed by atoms with van der Waals surface area (Å²) >= 11 is 4.82. The molecule has 0 aliphatic heterocycles. The predicted molar refractivity (Wildman–Crippen MR) is 71.3 cm³/mol. The molecule has 0 aliphatic rings. The van der Waals surface area contributed by atoms with Gasteiger partial charge in [-0.25, -0.2) is 0 Å². The van der Waals surface area contributed by atoms with Crippen molar-refractivity contribution >= 4 is 33.0 Å². The SMILES string of the molecule is CCc1ccc(C(=O)c2cc(Br)cs2)cc1. The van der Waals surface area contributed by atoms with Crippen LogP contribution in [0.3, 0.4) is 0 Å². The summed E-state index contributed by atoms with van der Waals surface area (Å²) in [5, 5.41) is 1.92. The number of thiophene rings is 1. The van der Waals surface area contributed by atoms with Gasteiger partial charge in [0.15, 0.2) is 0 Å². The maximum Gasteiger partial charge on any atom is 0.202 e. The van der Waals surface area contributed by atoms with Gasteiger partial charge < -0.3 is 0 Å². The Morgan fingerprint density at radius 1 is 1.31 bits per heavy atom. The second-order valence-corrected chi connectivity index (χ2v) is 5.34. The maximum absolute atomic E-state index is 12.0. The topological polar surface area (TPSA) is 17.1 Å². The summed E-state index contributed by atoms with van der Waals surface area (Å²) in [6.07, 6.45) is 0.999. The van der Waals surface area contributed by atoms with Crippen LogP contribution in [0.15, 0.2) is 40.2 Å². The summed E-state index contributed by atoms with van der Waals surface area (Å²) in [7, 11) is 0. The number of carbonyl (C=O) groups is 1. The zero-order chi connectivity index (χ0) is 11.5. The highest BCUT2D eigenvalue weighted by molar-refractivity contribution is 9.10. The quantitative estimate of drug-likeness (QED) is 0.771. The minimum atomic E-state index is 0.0957. The maximum atomic E-state index is 12.0. The molecule has 0 saturated heterocycles. The van der Waals surface area contributed by atoms with Crippen molar-refractivity contribution in [1.82, 2.24) is 0 Å². The van der Waals surface area contributed by atoms with Crippen molar-refractivity contribution in [1.29, 1.82) is 0 Å². The third kappa shape index (κ3) is 2.42. The Bertz CT molecular complexity index is 499. The lowest BCUT2D eigenvalue weighted by Gasteiger charge is -2.00. The molecule has 0 aliphatic carbocycles. The summed E-state index contributed by atoms with van der Waals surface area (Å²) in [5.41, 5.74) is 2.01. The number of rotatable bonds is 3. The molecule has 82 valence electrons. The Morgan fingerprint density at radius 3 is 2.50 bits per heavy atom. The van der Waals surface area contributed by atoms with Gasteiger partial charge in [0.1, 0.15) is 0 Å².